The van der Waals surface area contributed by atoms with Crippen LogP contribution >= 0.6 is 0 Å². The first-order valence-corrected chi connectivity index (χ1v) is 10.0. The molecule has 3 nitrogen and oxygen atoms in total. The van der Waals surface area contributed by atoms with E-state index in [-0.39, 0.29) is 5.91 Å². The van der Waals surface area contributed by atoms with E-state index in [4.69, 9.17) is 0 Å². The molecule has 136 valence electrons. The van der Waals surface area contributed by atoms with Gasteiger partial charge in [0.05, 0.1) is 0 Å². The summed E-state index contributed by atoms with van der Waals surface area (Å²) in [5, 5.41) is 3.23. The molecule has 0 atom stereocenters. The van der Waals surface area contributed by atoms with E-state index in [2.05, 4.69) is 46.6 Å². The minimum atomic E-state index is 0.0787. The lowest BCUT2D eigenvalue weighted by Gasteiger charge is -2.20. The van der Waals surface area contributed by atoms with E-state index < -0.39 is 0 Å². The minimum absolute atomic E-state index is 0.0787. The molecule has 1 heterocycles. The number of para-hydroxylation sites is 1. The summed E-state index contributed by atoms with van der Waals surface area (Å²) >= 11 is 0. The van der Waals surface area contributed by atoms with Crippen LogP contribution in [0, 0.1) is 0 Å². The predicted molar refractivity (Wildman–Crippen MR) is 107 cm³/mol. The number of carbonyl (C=O) groups excluding carboxylic acids is 1. The molecule has 0 radical (unpaired) electrons. The van der Waals surface area contributed by atoms with Gasteiger partial charge in [0.1, 0.15) is 0 Å². The van der Waals surface area contributed by atoms with Crippen molar-refractivity contribution in [3.8, 4) is 0 Å². The molecule has 1 fully saturated rings. The molecule has 0 bridgehead atoms. The summed E-state index contributed by atoms with van der Waals surface area (Å²) in [4.78, 5) is 14.9. The molecule has 0 aromatic heterocycles. The lowest BCUT2D eigenvalue weighted by atomic mass is 10.1. The molecule has 1 amide bonds. The van der Waals surface area contributed by atoms with Gasteiger partial charge in [0.15, 0.2) is 0 Å². The van der Waals surface area contributed by atoms with Crippen molar-refractivity contribution >= 4 is 11.6 Å². The number of carbonyl (C=O) groups is 1. The Labute approximate surface area is 156 Å². The molecule has 26 heavy (non-hydrogen) atoms. The molecule has 1 saturated carbocycles. The van der Waals surface area contributed by atoms with Gasteiger partial charge in [-0.05, 0) is 48.6 Å². The van der Waals surface area contributed by atoms with Crippen LogP contribution in [-0.2, 0) is 13.0 Å². The predicted octanol–water partition coefficient (Wildman–Crippen LogP) is 4.70. The monoisotopic (exact) mass is 348 g/mol. The molecular weight excluding hydrogens is 320 g/mol. The number of amides is 1. The van der Waals surface area contributed by atoms with Crippen LogP contribution in [0.2, 0.25) is 0 Å². The van der Waals surface area contributed by atoms with Crippen LogP contribution in [0.3, 0.4) is 0 Å². The van der Waals surface area contributed by atoms with E-state index in [1.54, 1.807) is 0 Å². The molecule has 2 aliphatic rings. The number of fused-ring (bicyclic) bond motifs is 1. The van der Waals surface area contributed by atoms with Gasteiger partial charge in [0.2, 0.25) is 0 Å². The Balaban J connectivity index is 1.37. The zero-order valence-corrected chi connectivity index (χ0v) is 15.4. The maximum Gasteiger partial charge on any atom is 0.251 e. The Morgan fingerprint density at radius 2 is 1.69 bits per heavy atom. The molecule has 2 aromatic carbocycles. The first-order valence-electron chi connectivity index (χ1n) is 10.0. The van der Waals surface area contributed by atoms with Crippen molar-refractivity contribution in [1.82, 2.24) is 5.32 Å². The highest BCUT2D eigenvalue weighted by atomic mass is 16.1. The number of rotatable bonds is 4. The Bertz CT molecular complexity index is 745. The zero-order valence-electron chi connectivity index (χ0n) is 15.4. The average molecular weight is 348 g/mol. The number of nitrogens with zero attached hydrogens (tertiary/aromatic N) is 1. The molecule has 0 saturated heterocycles. The first kappa shape index (κ1) is 17.1. The number of anilines is 1. The van der Waals surface area contributed by atoms with Gasteiger partial charge in [-0.15, -0.1) is 0 Å². The molecule has 3 heteroatoms. The molecule has 1 aliphatic heterocycles. The largest absolute Gasteiger partial charge is 0.367 e. The van der Waals surface area contributed by atoms with Crippen LogP contribution in [0.15, 0.2) is 48.5 Å². The second kappa shape index (κ2) is 7.94. The van der Waals surface area contributed by atoms with Crippen molar-refractivity contribution in [3.05, 3.63) is 65.2 Å². The molecule has 4 rings (SSSR count). The first-order chi connectivity index (χ1) is 12.8. The fourth-order valence-electron chi connectivity index (χ4n) is 4.25. The third-order valence-electron chi connectivity index (χ3n) is 5.76. The summed E-state index contributed by atoms with van der Waals surface area (Å²) in [6.45, 7) is 1.98. The summed E-state index contributed by atoms with van der Waals surface area (Å²) in [5.41, 5.74) is 4.82. The van der Waals surface area contributed by atoms with Gasteiger partial charge in [-0.2, -0.15) is 0 Å². The van der Waals surface area contributed by atoms with Gasteiger partial charge in [0, 0.05) is 30.4 Å². The highest BCUT2D eigenvalue weighted by Gasteiger charge is 2.19. The summed E-state index contributed by atoms with van der Waals surface area (Å²) in [7, 11) is 0. The maximum atomic E-state index is 12.5. The fraction of sp³-hybridized carbons (Fsp3) is 0.435. The summed E-state index contributed by atoms with van der Waals surface area (Å²) in [6, 6.07) is 17.2. The number of hydrogen-bond acceptors (Lipinski definition) is 2. The average Bonchev–Trinajstić information content (AvgIpc) is 2.89. The van der Waals surface area contributed by atoms with E-state index >= 15 is 0 Å². The van der Waals surface area contributed by atoms with E-state index in [9.17, 15) is 4.79 Å². The van der Waals surface area contributed by atoms with E-state index in [0.29, 0.717) is 6.04 Å². The molecular formula is C23H28N2O. The molecule has 0 spiro atoms. The third-order valence-corrected chi connectivity index (χ3v) is 5.76. The molecule has 1 N–H and O–H groups in total. The van der Waals surface area contributed by atoms with Gasteiger partial charge in [-0.3, -0.25) is 4.79 Å². The van der Waals surface area contributed by atoms with Gasteiger partial charge in [0.25, 0.3) is 5.91 Å². The number of hydrogen-bond donors (Lipinski definition) is 1. The van der Waals surface area contributed by atoms with Crippen molar-refractivity contribution in [1.29, 1.82) is 0 Å². The van der Waals surface area contributed by atoms with Gasteiger partial charge in [-0.25, -0.2) is 0 Å². The third kappa shape index (κ3) is 3.92. The van der Waals surface area contributed by atoms with E-state index in [0.717, 1.165) is 37.9 Å². The summed E-state index contributed by atoms with van der Waals surface area (Å²) < 4.78 is 0. The quantitative estimate of drug-likeness (QED) is 0.812. The van der Waals surface area contributed by atoms with Crippen LogP contribution in [-0.4, -0.2) is 18.5 Å². The lowest BCUT2D eigenvalue weighted by molar-refractivity contribution is 0.0933. The standard InChI is InChI=1S/C23H28N2O/c26-23(24-21-8-3-1-2-4-9-21)20-13-11-18(12-14-20)17-25-16-15-19-7-5-6-10-22(19)25/h5-7,10-14,21H,1-4,8-9,15-17H2,(H,24,26). The van der Waals surface area contributed by atoms with Crippen LogP contribution in [0.25, 0.3) is 0 Å². The number of benzene rings is 2. The number of nitrogens with one attached hydrogen (secondary N) is 1. The Kier molecular flexibility index (Phi) is 5.24. The smallest absolute Gasteiger partial charge is 0.251 e. The fourth-order valence-corrected chi connectivity index (χ4v) is 4.25. The van der Waals surface area contributed by atoms with Crippen LogP contribution < -0.4 is 10.2 Å². The minimum Gasteiger partial charge on any atom is -0.367 e. The SMILES string of the molecule is O=C(NC1CCCCCC1)c1ccc(CN2CCc3ccccc32)cc1. The molecule has 2 aromatic rings. The maximum absolute atomic E-state index is 12.5. The van der Waals surface area contributed by atoms with E-state index in [1.165, 1.54) is 42.5 Å². The summed E-state index contributed by atoms with van der Waals surface area (Å²) in [6.07, 6.45) is 8.46. The van der Waals surface area contributed by atoms with Crippen LogP contribution in [0.1, 0.15) is 60.0 Å². The van der Waals surface area contributed by atoms with E-state index in [1.807, 2.05) is 12.1 Å². The zero-order chi connectivity index (χ0) is 17.8. The molecule has 1 aliphatic carbocycles. The Morgan fingerprint density at radius 1 is 0.962 bits per heavy atom. The summed E-state index contributed by atoms with van der Waals surface area (Å²) in [5.74, 6) is 0.0787. The second-order valence-electron chi connectivity index (χ2n) is 7.66. The van der Waals surface area contributed by atoms with Crippen LogP contribution in [0.4, 0.5) is 5.69 Å². The topological polar surface area (TPSA) is 32.3 Å². The van der Waals surface area contributed by atoms with Crippen molar-refractivity contribution in [2.75, 3.05) is 11.4 Å². The molecule has 0 unspecified atom stereocenters. The van der Waals surface area contributed by atoms with Crippen LogP contribution in [0.5, 0.6) is 0 Å². The normalized spacial score (nSPS) is 17.6. The lowest BCUT2D eigenvalue weighted by Crippen LogP contribution is -2.34. The van der Waals surface area contributed by atoms with Gasteiger partial charge >= 0.3 is 0 Å². The highest BCUT2D eigenvalue weighted by molar-refractivity contribution is 5.94. The van der Waals surface area contributed by atoms with Crippen molar-refractivity contribution < 1.29 is 4.79 Å². The van der Waals surface area contributed by atoms with Crippen molar-refractivity contribution in [2.24, 2.45) is 0 Å². The Hall–Kier alpha value is -2.29. The Morgan fingerprint density at radius 3 is 2.46 bits per heavy atom. The van der Waals surface area contributed by atoms with Gasteiger partial charge < -0.3 is 10.2 Å². The highest BCUT2D eigenvalue weighted by Crippen LogP contribution is 2.28. The van der Waals surface area contributed by atoms with Crippen molar-refractivity contribution in [3.63, 3.8) is 0 Å². The van der Waals surface area contributed by atoms with Gasteiger partial charge in [-0.1, -0.05) is 56.0 Å². The van der Waals surface area contributed by atoms with Crippen molar-refractivity contribution in [2.45, 2.75) is 57.5 Å². The second-order valence-corrected chi connectivity index (χ2v) is 7.66.